The van der Waals surface area contributed by atoms with Crippen molar-refractivity contribution in [3.63, 3.8) is 0 Å². The van der Waals surface area contributed by atoms with Gasteiger partial charge in [0.25, 0.3) is 0 Å². The van der Waals surface area contributed by atoms with Crippen molar-refractivity contribution in [1.82, 2.24) is 0 Å². The van der Waals surface area contributed by atoms with E-state index in [1.807, 2.05) is 0 Å². The molecule has 0 aromatic heterocycles. The highest BCUT2D eigenvalue weighted by Gasteiger charge is 2.05. The number of hydrogen-bond acceptors (Lipinski definition) is 3. The molecule has 1 amide bonds. The van der Waals surface area contributed by atoms with Crippen molar-refractivity contribution in [2.24, 2.45) is 0 Å². The Morgan fingerprint density at radius 1 is 1.23 bits per heavy atom. The van der Waals surface area contributed by atoms with Gasteiger partial charge in [-0.15, -0.1) is 0 Å². The van der Waals surface area contributed by atoms with E-state index in [2.05, 4.69) is 16.7 Å². The lowest BCUT2D eigenvalue weighted by molar-refractivity contribution is -0.114. The van der Waals surface area contributed by atoms with Gasteiger partial charge in [0, 0.05) is 5.69 Å². The standard InChI is InChI=1S/C16H13ClFN3O/c17-14-9-12(18)3-6-15(14)20-10-16(22)21-13-4-1-11(2-5-13)7-8-19/h1-6,9,20H,7,10H2,(H,21,22). The monoisotopic (exact) mass is 317 g/mol. The summed E-state index contributed by atoms with van der Waals surface area (Å²) in [6.45, 7) is 0.00526. The van der Waals surface area contributed by atoms with E-state index in [9.17, 15) is 9.18 Å². The SMILES string of the molecule is N#CCc1ccc(NC(=O)CNc2ccc(F)cc2Cl)cc1. The van der Waals surface area contributed by atoms with E-state index in [4.69, 9.17) is 16.9 Å². The van der Waals surface area contributed by atoms with Crippen molar-refractivity contribution >= 4 is 28.9 Å². The molecule has 0 fully saturated rings. The number of anilines is 2. The fraction of sp³-hybridized carbons (Fsp3) is 0.125. The summed E-state index contributed by atoms with van der Waals surface area (Å²) in [4.78, 5) is 11.8. The lowest BCUT2D eigenvalue weighted by Gasteiger charge is -2.09. The topological polar surface area (TPSA) is 64.9 Å². The molecule has 6 heteroatoms. The van der Waals surface area contributed by atoms with E-state index in [1.165, 1.54) is 18.2 Å². The molecule has 0 aliphatic rings. The van der Waals surface area contributed by atoms with E-state index in [0.29, 0.717) is 17.8 Å². The predicted molar refractivity (Wildman–Crippen MR) is 84.3 cm³/mol. The van der Waals surface area contributed by atoms with Gasteiger partial charge < -0.3 is 10.6 Å². The first-order valence-electron chi connectivity index (χ1n) is 6.53. The zero-order valence-electron chi connectivity index (χ0n) is 11.6. The van der Waals surface area contributed by atoms with Gasteiger partial charge in [-0.25, -0.2) is 4.39 Å². The highest BCUT2D eigenvalue weighted by atomic mass is 35.5. The molecule has 0 atom stereocenters. The molecule has 0 bridgehead atoms. The fourth-order valence-electron chi connectivity index (χ4n) is 1.81. The summed E-state index contributed by atoms with van der Waals surface area (Å²) in [6, 6.07) is 13.0. The second kappa shape index (κ2) is 7.43. The van der Waals surface area contributed by atoms with Gasteiger partial charge in [-0.3, -0.25) is 4.79 Å². The van der Waals surface area contributed by atoms with E-state index < -0.39 is 5.82 Å². The van der Waals surface area contributed by atoms with Crippen molar-refractivity contribution in [2.75, 3.05) is 17.2 Å². The summed E-state index contributed by atoms with van der Waals surface area (Å²) in [5.41, 5.74) is 2.01. The Labute approximate surface area is 132 Å². The Bertz CT molecular complexity index is 710. The third kappa shape index (κ3) is 4.47. The maximum absolute atomic E-state index is 12.9. The molecule has 4 nitrogen and oxygen atoms in total. The molecule has 2 aromatic carbocycles. The number of rotatable bonds is 5. The summed E-state index contributed by atoms with van der Waals surface area (Å²) in [6.07, 6.45) is 0.332. The largest absolute Gasteiger partial charge is 0.375 e. The Morgan fingerprint density at radius 2 is 1.95 bits per heavy atom. The van der Waals surface area contributed by atoms with Gasteiger partial charge in [-0.2, -0.15) is 5.26 Å². The summed E-state index contributed by atoms with van der Waals surface area (Å²) in [5, 5.41) is 14.4. The van der Waals surface area contributed by atoms with Gasteiger partial charge in [0.1, 0.15) is 5.82 Å². The maximum Gasteiger partial charge on any atom is 0.243 e. The van der Waals surface area contributed by atoms with Crippen molar-refractivity contribution < 1.29 is 9.18 Å². The van der Waals surface area contributed by atoms with Crippen LogP contribution in [0.15, 0.2) is 42.5 Å². The molecule has 2 rings (SSSR count). The number of carbonyl (C=O) groups excluding carboxylic acids is 1. The molecule has 112 valence electrons. The van der Waals surface area contributed by atoms with Crippen LogP contribution in [0.4, 0.5) is 15.8 Å². The highest BCUT2D eigenvalue weighted by Crippen LogP contribution is 2.22. The molecule has 2 aromatic rings. The maximum atomic E-state index is 12.9. The fourth-order valence-corrected chi connectivity index (χ4v) is 2.04. The smallest absolute Gasteiger partial charge is 0.243 e. The zero-order chi connectivity index (χ0) is 15.9. The molecule has 0 saturated carbocycles. The lowest BCUT2D eigenvalue weighted by atomic mass is 10.1. The molecule has 0 unspecified atom stereocenters. The second-order valence-electron chi connectivity index (χ2n) is 4.56. The van der Waals surface area contributed by atoms with Crippen molar-refractivity contribution in [3.8, 4) is 6.07 Å². The summed E-state index contributed by atoms with van der Waals surface area (Å²) < 4.78 is 12.9. The Hall–Kier alpha value is -2.58. The average molecular weight is 318 g/mol. The van der Waals surface area contributed by atoms with E-state index >= 15 is 0 Å². The quantitative estimate of drug-likeness (QED) is 0.885. The minimum absolute atomic E-state index is 0.00526. The van der Waals surface area contributed by atoms with Crippen LogP contribution < -0.4 is 10.6 Å². The summed E-state index contributed by atoms with van der Waals surface area (Å²) in [7, 11) is 0. The molecule has 0 aliphatic heterocycles. The number of nitriles is 1. The Balaban J connectivity index is 1.89. The first-order valence-corrected chi connectivity index (χ1v) is 6.91. The third-order valence-electron chi connectivity index (χ3n) is 2.89. The van der Waals surface area contributed by atoms with Gasteiger partial charge in [0.05, 0.1) is 29.7 Å². The normalized spacial score (nSPS) is 9.86. The van der Waals surface area contributed by atoms with Crippen LogP contribution in [0.25, 0.3) is 0 Å². The van der Waals surface area contributed by atoms with Gasteiger partial charge >= 0.3 is 0 Å². The average Bonchev–Trinajstić information content (AvgIpc) is 2.49. The van der Waals surface area contributed by atoms with E-state index in [0.717, 1.165) is 5.56 Å². The summed E-state index contributed by atoms with van der Waals surface area (Å²) >= 11 is 5.86. The number of benzene rings is 2. The first kappa shape index (κ1) is 15.8. The summed E-state index contributed by atoms with van der Waals surface area (Å²) in [5.74, 6) is -0.689. The Morgan fingerprint density at radius 3 is 2.59 bits per heavy atom. The van der Waals surface area contributed by atoms with Crippen molar-refractivity contribution in [1.29, 1.82) is 5.26 Å². The Kier molecular flexibility index (Phi) is 5.34. The number of carbonyl (C=O) groups is 1. The van der Waals surface area contributed by atoms with Crippen LogP contribution >= 0.6 is 11.6 Å². The number of nitrogens with zero attached hydrogens (tertiary/aromatic N) is 1. The minimum atomic E-state index is -0.433. The first-order chi connectivity index (χ1) is 10.6. The number of amides is 1. The lowest BCUT2D eigenvalue weighted by Crippen LogP contribution is -2.21. The number of nitrogens with one attached hydrogen (secondary N) is 2. The highest BCUT2D eigenvalue weighted by molar-refractivity contribution is 6.33. The minimum Gasteiger partial charge on any atom is -0.375 e. The molecule has 0 aliphatic carbocycles. The molecule has 22 heavy (non-hydrogen) atoms. The van der Waals surface area contributed by atoms with Crippen LogP contribution in [0.2, 0.25) is 5.02 Å². The van der Waals surface area contributed by atoms with Crippen LogP contribution in [0.3, 0.4) is 0 Å². The molecule has 0 heterocycles. The van der Waals surface area contributed by atoms with Crippen molar-refractivity contribution in [2.45, 2.75) is 6.42 Å². The van der Waals surface area contributed by atoms with Crippen LogP contribution in [-0.2, 0) is 11.2 Å². The van der Waals surface area contributed by atoms with Gasteiger partial charge in [0.2, 0.25) is 5.91 Å². The number of halogens is 2. The van der Waals surface area contributed by atoms with Gasteiger partial charge in [0.15, 0.2) is 0 Å². The molecular weight excluding hydrogens is 305 g/mol. The zero-order valence-corrected chi connectivity index (χ0v) is 12.3. The van der Waals surface area contributed by atoms with Crippen LogP contribution in [0.5, 0.6) is 0 Å². The van der Waals surface area contributed by atoms with Gasteiger partial charge in [-0.1, -0.05) is 23.7 Å². The predicted octanol–water partition coefficient (Wildman–Crippen LogP) is 3.60. The van der Waals surface area contributed by atoms with E-state index in [1.54, 1.807) is 24.3 Å². The third-order valence-corrected chi connectivity index (χ3v) is 3.20. The second-order valence-corrected chi connectivity index (χ2v) is 4.96. The van der Waals surface area contributed by atoms with Crippen molar-refractivity contribution in [3.05, 3.63) is 58.9 Å². The van der Waals surface area contributed by atoms with E-state index in [-0.39, 0.29) is 17.5 Å². The molecular formula is C16H13ClFN3O. The number of hydrogen-bond donors (Lipinski definition) is 2. The van der Waals surface area contributed by atoms with Crippen LogP contribution in [0, 0.1) is 17.1 Å². The molecule has 2 N–H and O–H groups in total. The molecule has 0 radical (unpaired) electrons. The van der Waals surface area contributed by atoms with Crippen LogP contribution in [0.1, 0.15) is 5.56 Å². The van der Waals surface area contributed by atoms with Crippen LogP contribution in [-0.4, -0.2) is 12.5 Å². The molecule has 0 saturated heterocycles. The van der Waals surface area contributed by atoms with Gasteiger partial charge in [-0.05, 0) is 35.9 Å². The molecule has 0 spiro atoms.